The van der Waals surface area contributed by atoms with Crippen molar-refractivity contribution in [1.82, 2.24) is 9.13 Å². The van der Waals surface area contributed by atoms with E-state index in [4.69, 9.17) is 9.98 Å². The Labute approximate surface area is 441 Å². The van der Waals surface area contributed by atoms with Crippen LogP contribution in [0.4, 0.5) is 17.1 Å². The van der Waals surface area contributed by atoms with Crippen LogP contribution in [0.15, 0.2) is 218 Å². The van der Waals surface area contributed by atoms with Crippen LogP contribution in [0.25, 0.3) is 32.9 Å². The van der Waals surface area contributed by atoms with Gasteiger partial charge in [-0.1, -0.05) is 102 Å². The molecule has 0 spiro atoms. The Kier molecular flexibility index (Phi) is 14.2. The normalized spacial score (nSPS) is 18.5. The van der Waals surface area contributed by atoms with Crippen LogP contribution in [0.2, 0.25) is 0 Å². The summed E-state index contributed by atoms with van der Waals surface area (Å²) in [7, 11) is 0. The first kappa shape index (κ1) is 48.2. The van der Waals surface area contributed by atoms with Crippen LogP contribution < -0.4 is 22.2 Å². The Hall–Kier alpha value is -7.08. The molecule has 11 rings (SSSR count). The molecule has 0 unspecified atom stereocenters. The number of allylic oxidation sites excluding steroid dienone is 2. The number of aliphatic imine (C=N–C) groups is 5. The van der Waals surface area contributed by atoms with Gasteiger partial charge in [0.15, 0.2) is 0 Å². The predicted molar refractivity (Wildman–Crippen MR) is 312 cm³/mol. The van der Waals surface area contributed by atoms with Gasteiger partial charge >= 0.3 is 0 Å². The quantitative estimate of drug-likeness (QED) is 0.0942. The van der Waals surface area contributed by atoms with Crippen molar-refractivity contribution in [1.29, 1.82) is 0 Å². The lowest BCUT2D eigenvalue weighted by atomic mass is 9.92. The molecule has 0 amide bonds. The van der Waals surface area contributed by atoms with E-state index in [-0.39, 0.29) is 27.6 Å². The molecule has 1 saturated carbocycles. The van der Waals surface area contributed by atoms with Crippen LogP contribution in [0, 0.1) is 0 Å². The van der Waals surface area contributed by atoms with Crippen molar-refractivity contribution in [2.45, 2.75) is 42.7 Å². The molecule has 4 heterocycles. The highest BCUT2D eigenvalue weighted by Crippen LogP contribution is 2.54. The lowest BCUT2D eigenvalue weighted by Gasteiger charge is -2.23. The maximum absolute atomic E-state index is 13.7. The van der Waals surface area contributed by atoms with Gasteiger partial charge in [-0.3, -0.25) is 44.1 Å². The van der Waals surface area contributed by atoms with Gasteiger partial charge in [0, 0.05) is 45.8 Å². The summed E-state index contributed by atoms with van der Waals surface area (Å²) in [5.41, 5.74) is 3.45. The molecule has 1 aliphatic carbocycles. The average Bonchev–Trinajstić information content (AvgIpc) is 4.22. The maximum Gasteiger partial charge on any atom is 0.266 e. The molecule has 1 fully saturated rings. The molecule has 16 heteroatoms. The van der Waals surface area contributed by atoms with Gasteiger partial charge in [0.1, 0.15) is 0 Å². The van der Waals surface area contributed by atoms with Crippen LogP contribution in [0.1, 0.15) is 42.4 Å². The van der Waals surface area contributed by atoms with Gasteiger partial charge in [-0.25, -0.2) is 9.13 Å². The number of nitrogens with zero attached hydrogens (tertiary/aromatic N) is 7. The summed E-state index contributed by atoms with van der Waals surface area (Å²) in [4.78, 5) is 81.4. The third-order valence-electron chi connectivity index (χ3n) is 12.4. The Morgan fingerprint density at radius 3 is 1.29 bits per heavy atom. The summed E-state index contributed by atoms with van der Waals surface area (Å²) in [5, 5.41) is 4.61. The van der Waals surface area contributed by atoms with Crippen molar-refractivity contribution < 1.29 is 0 Å². The smallest absolute Gasteiger partial charge is 0.266 e. The van der Waals surface area contributed by atoms with Crippen molar-refractivity contribution in [3.05, 3.63) is 227 Å². The van der Waals surface area contributed by atoms with Gasteiger partial charge < -0.3 is 0 Å². The molecule has 2 aliphatic heterocycles. The van der Waals surface area contributed by atoms with Gasteiger partial charge in [-0.15, -0.1) is 12.6 Å². The zero-order chi connectivity index (χ0) is 49.8. The molecule has 0 N–H and O–H groups in total. The fourth-order valence-corrected chi connectivity index (χ4v) is 13.3. The molecule has 2 aromatic heterocycles. The molecular formula is C57H41N7O4S5. The first-order valence-corrected chi connectivity index (χ1v) is 27.2. The Balaban J connectivity index is 0.666. The van der Waals surface area contributed by atoms with E-state index >= 15 is 0 Å². The minimum Gasteiger partial charge on any atom is -0.289 e. The monoisotopic (exact) mass is 1050 g/mol. The Morgan fingerprint density at radius 1 is 0.438 bits per heavy atom. The van der Waals surface area contributed by atoms with Crippen molar-refractivity contribution in [3.63, 3.8) is 0 Å². The fraction of sp³-hybridized carbons (Fsp3) is 0.105. The summed E-state index contributed by atoms with van der Waals surface area (Å²) in [5.74, 6) is 0. The van der Waals surface area contributed by atoms with Gasteiger partial charge in [-0.05, 0) is 138 Å². The molecule has 6 aromatic carbocycles. The second kappa shape index (κ2) is 21.6. The first-order valence-electron chi connectivity index (χ1n) is 23.3. The highest BCUT2D eigenvalue weighted by atomic mass is 32.2. The average molecular weight is 1050 g/mol. The van der Waals surface area contributed by atoms with Gasteiger partial charge in [-0.2, -0.15) is 0 Å². The number of rotatable bonds is 12. The van der Waals surface area contributed by atoms with Gasteiger partial charge in [0.25, 0.3) is 22.2 Å². The number of thiol groups is 1. The Bertz CT molecular complexity index is 3800. The minimum absolute atomic E-state index is 0.0651. The number of hydrogen-bond donors (Lipinski definition) is 1. The van der Waals surface area contributed by atoms with Gasteiger partial charge in [0.05, 0.1) is 70.5 Å². The second-order valence-corrected chi connectivity index (χ2v) is 22.3. The van der Waals surface area contributed by atoms with Gasteiger partial charge in [0.2, 0.25) is 0 Å². The van der Waals surface area contributed by atoms with E-state index in [2.05, 4.69) is 38.4 Å². The van der Waals surface area contributed by atoms with Crippen LogP contribution >= 0.6 is 59.7 Å². The lowest BCUT2D eigenvalue weighted by Crippen LogP contribution is -2.24. The van der Waals surface area contributed by atoms with E-state index in [0.717, 1.165) is 67.0 Å². The number of benzene rings is 6. The number of aromatic nitrogens is 2. The summed E-state index contributed by atoms with van der Waals surface area (Å²) < 4.78 is 4.68. The van der Waals surface area contributed by atoms with E-state index in [9.17, 15) is 19.2 Å². The van der Waals surface area contributed by atoms with E-state index in [0.29, 0.717) is 28.8 Å². The summed E-state index contributed by atoms with van der Waals surface area (Å²) in [6.45, 7) is 0. The standard InChI is InChI=1S/C57H41N7O4S5/c65-52-48-26-50-51(27-49(48)53(66)63(52)43-20-14-40(15-21-43)58-28-35-4-2-1-3-5-35)55(68)64(54(50)67)44-22-16-41(17-23-44)60-30-37-8-6-36(7-9-37)29-59-38-10-12-39(13-11-38)61-31-46-33-70-56(72-46)57-71-34-47(73-57)32-62-42-18-24-45(69)25-19-42/h1-9,14-34,38-39,69H,10-13H2/b57-56-,58-28?,59-29?,60-30?,61-31?,62-32?. The molecule has 0 atom stereocenters. The van der Waals surface area contributed by atoms with E-state index in [1.807, 2.05) is 97.5 Å². The van der Waals surface area contributed by atoms with E-state index < -0.39 is 22.2 Å². The summed E-state index contributed by atoms with van der Waals surface area (Å²) in [6.07, 6.45) is 13.4. The summed E-state index contributed by atoms with van der Waals surface area (Å²) in [6, 6.07) is 42.2. The van der Waals surface area contributed by atoms with Crippen molar-refractivity contribution >= 4 is 129 Å². The first-order chi connectivity index (χ1) is 35.7. The summed E-state index contributed by atoms with van der Waals surface area (Å²) >= 11 is 11.4. The van der Waals surface area contributed by atoms with Crippen LogP contribution in [-0.2, 0) is 0 Å². The second-order valence-electron chi connectivity index (χ2n) is 17.3. The minimum atomic E-state index is -0.576. The number of hydrogen-bond acceptors (Lipinski definition) is 14. The van der Waals surface area contributed by atoms with Crippen LogP contribution in [0.3, 0.4) is 0 Å². The van der Waals surface area contributed by atoms with Crippen molar-refractivity contribution in [2.24, 2.45) is 25.0 Å². The highest BCUT2D eigenvalue weighted by Gasteiger charge is 2.24. The van der Waals surface area contributed by atoms with Crippen molar-refractivity contribution in [3.8, 4) is 11.4 Å². The molecule has 8 aromatic rings. The van der Waals surface area contributed by atoms with Crippen molar-refractivity contribution in [2.75, 3.05) is 0 Å². The molecule has 3 aliphatic rings. The third kappa shape index (κ3) is 10.8. The molecule has 73 heavy (non-hydrogen) atoms. The largest absolute Gasteiger partial charge is 0.289 e. The molecule has 0 radical (unpaired) electrons. The highest BCUT2D eigenvalue weighted by molar-refractivity contribution is 8.34. The zero-order valence-electron chi connectivity index (χ0n) is 38.6. The predicted octanol–water partition coefficient (Wildman–Crippen LogP) is 12.7. The zero-order valence-corrected chi connectivity index (χ0v) is 42.8. The molecule has 0 saturated heterocycles. The molecular weight excluding hydrogens is 1010 g/mol. The number of fused-ring (bicyclic) bond motifs is 2. The third-order valence-corrected chi connectivity index (χ3v) is 17.9. The fourth-order valence-electron chi connectivity index (χ4n) is 8.55. The van der Waals surface area contributed by atoms with Crippen LogP contribution in [-0.4, -0.2) is 52.3 Å². The lowest BCUT2D eigenvalue weighted by molar-refractivity contribution is 0.399. The number of thioether (sulfide) groups is 4. The van der Waals surface area contributed by atoms with E-state index in [1.165, 1.54) is 25.5 Å². The topological polar surface area (TPSA) is 140 Å². The molecule has 0 bridgehead atoms. The van der Waals surface area contributed by atoms with Crippen LogP contribution in [0.5, 0.6) is 0 Å². The Morgan fingerprint density at radius 2 is 0.822 bits per heavy atom. The maximum atomic E-state index is 13.7. The molecule has 11 nitrogen and oxygen atoms in total. The SMILES string of the molecule is O=c1c2cc3c(=O)n(-c4ccc(N=Cc5ccc(C=NC6CCC(N=CC7=CS/C(=C8\SC=C(C=Nc9ccc(S)cc9)S8)S7)CC6)cc5)cc4)c(=O)c3cc2c(=O)n1-c1ccc(N=Cc2ccccc2)cc1. The van der Waals surface area contributed by atoms with E-state index in [1.54, 1.807) is 108 Å². The molecule has 358 valence electrons.